The third-order valence-electron chi connectivity index (χ3n) is 5.72. The molecule has 0 N–H and O–H groups in total. The van der Waals surface area contributed by atoms with Gasteiger partial charge in [-0.25, -0.2) is 0 Å². The lowest BCUT2D eigenvalue weighted by molar-refractivity contribution is 0.137. The number of piperazine rings is 1. The molecule has 0 saturated carbocycles. The van der Waals surface area contributed by atoms with E-state index in [1.54, 1.807) is 21.3 Å². The number of hydrogen-bond donors (Lipinski definition) is 0. The number of ether oxygens (including phenoxy) is 3. The van der Waals surface area contributed by atoms with Crippen LogP contribution in [0.15, 0.2) is 36.4 Å². The maximum Gasteiger partial charge on any atom is 0.160 e. The van der Waals surface area contributed by atoms with Gasteiger partial charge >= 0.3 is 0 Å². The van der Waals surface area contributed by atoms with Gasteiger partial charge in [0, 0.05) is 43.5 Å². The summed E-state index contributed by atoms with van der Waals surface area (Å²) in [4.78, 5) is 4.99. The minimum absolute atomic E-state index is 0.435. The Hall–Kier alpha value is -2.11. The summed E-state index contributed by atoms with van der Waals surface area (Å²) < 4.78 is 16.2. The highest BCUT2D eigenvalue weighted by molar-refractivity contribution is 6.32. The average Bonchev–Trinajstić information content (AvgIpc) is 2.73. The highest BCUT2D eigenvalue weighted by atomic mass is 35.5. The van der Waals surface area contributed by atoms with Gasteiger partial charge in [0.05, 0.1) is 26.4 Å². The molecule has 1 aliphatic heterocycles. The van der Waals surface area contributed by atoms with Crippen LogP contribution in [0.1, 0.15) is 19.4 Å². The van der Waals surface area contributed by atoms with E-state index < -0.39 is 0 Å². The first kappa shape index (κ1) is 21.6. The Morgan fingerprint density at radius 3 is 2.34 bits per heavy atom. The molecule has 6 heteroatoms. The van der Waals surface area contributed by atoms with Crippen molar-refractivity contribution in [2.24, 2.45) is 0 Å². The molecule has 5 nitrogen and oxygen atoms in total. The number of hydrogen-bond acceptors (Lipinski definition) is 5. The fourth-order valence-electron chi connectivity index (χ4n) is 4.17. The number of benzene rings is 2. The van der Waals surface area contributed by atoms with Gasteiger partial charge in [0.1, 0.15) is 5.75 Å². The van der Waals surface area contributed by atoms with Crippen LogP contribution in [0, 0.1) is 0 Å². The van der Waals surface area contributed by atoms with E-state index in [0.717, 1.165) is 49.0 Å². The Kier molecular flexibility index (Phi) is 7.14. The number of nitrogens with zero attached hydrogens (tertiary/aromatic N) is 2. The van der Waals surface area contributed by atoms with Gasteiger partial charge in [-0.2, -0.15) is 0 Å². The van der Waals surface area contributed by atoms with E-state index in [1.807, 2.05) is 18.2 Å². The van der Waals surface area contributed by atoms with Gasteiger partial charge in [0.25, 0.3) is 0 Å². The molecular weight excluding hydrogens is 388 g/mol. The number of anilines is 1. The molecule has 2 aromatic rings. The van der Waals surface area contributed by atoms with Crippen LogP contribution >= 0.6 is 11.6 Å². The van der Waals surface area contributed by atoms with Gasteiger partial charge in [-0.05, 0) is 50.1 Å². The lowest BCUT2D eigenvalue weighted by atomic mass is 10.0. The van der Waals surface area contributed by atoms with Crippen molar-refractivity contribution < 1.29 is 14.2 Å². The quantitative estimate of drug-likeness (QED) is 0.661. The van der Waals surface area contributed by atoms with Crippen LogP contribution in [0.25, 0.3) is 0 Å². The van der Waals surface area contributed by atoms with Crippen LogP contribution in [0.5, 0.6) is 17.2 Å². The summed E-state index contributed by atoms with van der Waals surface area (Å²) in [6.07, 6.45) is 0.972. The summed E-state index contributed by atoms with van der Waals surface area (Å²) in [6, 6.07) is 13.1. The van der Waals surface area contributed by atoms with Gasteiger partial charge in [-0.1, -0.05) is 17.7 Å². The van der Waals surface area contributed by atoms with Crippen LogP contribution in [-0.2, 0) is 6.42 Å². The molecule has 2 atom stereocenters. The first-order chi connectivity index (χ1) is 14.0. The monoisotopic (exact) mass is 418 g/mol. The van der Waals surface area contributed by atoms with Crippen molar-refractivity contribution in [1.82, 2.24) is 4.90 Å². The summed E-state index contributed by atoms with van der Waals surface area (Å²) >= 11 is 6.18. The van der Waals surface area contributed by atoms with Crippen molar-refractivity contribution in [3.63, 3.8) is 0 Å². The fraction of sp³-hybridized carbons (Fsp3) is 0.478. The third-order valence-corrected chi connectivity index (χ3v) is 6.04. The largest absolute Gasteiger partial charge is 0.495 e. The SMILES string of the molecule is COc1cc(N2CCN(C(C)Cc3ccc(OC)c(OC)c3)[C@H](C)C2)ccc1Cl. The molecule has 1 heterocycles. The van der Waals surface area contributed by atoms with Gasteiger partial charge in [-0.3, -0.25) is 4.90 Å². The molecule has 1 saturated heterocycles. The van der Waals surface area contributed by atoms with E-state index in [0.29, 0.717) is 17.1 Å². The second kappa shape index (κ2) is 9.59. The normalized spacial score (nSPS) is 18.4. The van der Waals surface area contributed by atoms with Crippen molar-refractivity contribution in [3.05, 3.63) is 47.0 Å². The molecule has 1 fully saturated rings. The zero-order valence-corrected chi connectivity index (χ0v) is 18.7. The minimum atomic E-state index is 0.435. The topological polar surface area (TPSA) is 34.2 Å². The predicted octanol–water partition coefficient (Wildman–Crippen LogP) is 4.51. The Morgan fingerprint density at radius 1 is 0.966 bits per heavy atom. The van der Waals surface area contributed by atoms with E-state index in [-0.39, 0.29) is 0 Å². The molecule has 1 aliphatic rings. The Bertz CT molecular complexity index is 830. The molecule has 0 aliphatic carbocycles. The first-order valence-electron chi connectivity index (χ1n) is 10.0. The summed E-state index contributed by atoms with van der Waals surface area (Å²) in [7, 11) is 5.00. The molecule has 0 spiro atoms. The van der Waals surface area contributed by atoms with Crippen molar-refractivity contribution in [2.45, 2.75) is 32.4 Å². The molecule has 0 amide bonds. The molecule has 29 heavy (non-hydrogen) atoms. The fourth-order valence-corrected chi connectivity index (χ4v) is 4.37. The van der Waals surface area contributed by atoms with E-state index in [4.69, 9.17) is 25.8 Å². The summed E-state index contributed by atoms with van der Waals surface area (Å²) in [6.45, 7) is 7.56. The van der Waals surface area contributed by atoms with Gasteiger partial charge in [-0.15, -0.1) is 0 Å². The number of halogens is 1. The van der Waals surface area contributed by atoms with Crippen LogP contribution in [0.4, 0.5) is 5.69 Å². The third kappa shape index (κ3) is 4.90. The smallest absolute Gasteiger partial charge is 0.160 e. The molecule has 0 aromatic heterocycles. The van der Waals surface area contributed by atoms with E-state index in [1.165, 1.54) is 5.56 Å². The van der Waals surface area contributed by atoms with E-state index in [9.17, 15) is 0 Å². The number of methoxy groups -OCH3 is 3. The molecule has 158 valence electrons. The summed E-state index contributed by atoms with van der Waals surface area (Å²) in [5, 5.41) is 0.645. The van der Waals surface area contributed by atoms with Crippen LogP contribution < -0.4 is 19.1 Å². The summed E-state index contributed by atoms with van der Waals surface area (Å²) in [5.74, 6) is 2.28. The zero-order chi connectivity index (χ0) is 21.0. The standard InChI is InChI=1S/C23H31ClN2O3/c1-16(12-18-6-9-21(27-3)23(13-18)29-5)26-11-10-25(15-17(26)2)19-7-8-20(24)22(14-19)28-4/h6-9,13-14,16-17H,10-12,15H2,1-5H3/t16?,17-/m1/s1. The van der Waals surface area contributed by atoms with Crippen molar-refractivity contribution in [1.29, 1.82) is 0 Å². The van der Waals surface area contributed by atoms with Gasteiger partial charge in [0.2, 0.25) is 0 Å². The van der Waals surface area contributed by atoms with Gasteiger partial charge in [0.15, 0.2) is 11.5 Å². The minimum Gasteiger partial charge on any atom is -0.495 e. The van der Waals surface area contributed by atoms with Crippen LogP contribution in [0.2, 0.25) is 5.02 Å². The van der Waals surface area contributed by atoms with E-state index >= 15 is 0 Å². The van der Waals surface area contributed by atoms with Crippen LogP contribution in [-0.4, -0.2) is 57.9 Å². The second-order valence-corrected chi connectivity index (χ2v) is 8.00. The molecule has 1 unspecified atom stereocenters. The van der Waals surface area contributed by atoms with E-state index in [2.05, 4.69) is 41.8 Å². The molecular formula is C23H31ClN2O3. The maximum atomic E-state index is 6.18. The van der Waals surface area contributed by atoms with Crippen molar-refractivity contribution in [3.8, 4) is 17.2 Å². The van der Waals surface area contributed by atoms with Crippen LogP contribution in [0.3, 0.4) is 0 Å². The molecule has 0 bridgehead atoms. The maximum absolute atomic E-state index is 6.18. The zero-order valence-electron chi connectivity index (χ0n) is 17.9. The Balaban J connectivity index is 1.65. The first-order valence-corrected chi connectivity index (χ1v) is 10.4. The lowest BCUT2D eigenvalue weighted by Crippen LogP contribution is -2.55. The average molecular weight is 419 g/mol. The molecule has 3 rings (SSSR count). The highest BCUT2D eigenvalue weighted by Crippen LogP contribution is 2.31. The summed E-state index contributed by atoms with van der Waals surface area (Å²) in [5.41, 5.74) is 2.41. The van der Waals surface area contributed by atoms with Gasteiger partial charge < -0.3 is 19.1 Å². The highest BCUT2D eigenvalue weighted by Gasteiger charge is 2.28. The predicted molar refractivity (Wildman–Crippen MR) is 119 cm³/mol. The van der Waals surface area contributed by atoms with Crippen molar-refractivity contribution >= 4 is 17.3 Å². The Labute approximate surface area is 179 Å². The molecule has 0 radical (unpaired) electrons. The number of rotatable bonds is 7. The lowest BCUT2D eigenvalue weighted by Gasteiger charge is -2.44. The van der Waals surface area contributed by atoms with Crippen molar-refractivity contribution in [2.75, 3.05) is 45.9 Å². The second-order valence-electron chi connectivity index (χ2n) is 7.59. The Morgan fingerprint density at radius 2 is 1.69 bits per heavy atom. The molecule has 2 aromatic carbocycles.